The molecule has 22 heavy (non-hydrogen) atoms. The normalized spacial score (nSPS) is 18.7. The van der Waals surface area contributed by atoms with Crippen LogP contribution in [0.15, 0.2) is 18.2 Å². The Kier molecular flexibility index (Phi) is 4.56. The molecule has 0 aliphatic carbocycles. The van der Waals surface area contributed by atoms with Crippen molar-refractivity contribution in [1.29, 1.82) is 5.26 Å². The van der Waals surface area contributed by atoms with Gasteiger partial charge in [0.05, 0.1) is 30.3 Å². The fourth-order valence-corrected chi connectivity index (χ4v) is 2.27. The Balaban J connectivity index is 2.26. The molecule has 1 heterocycles. The van der Waals surface area contributed by atoms with Crippen molar-refractivity contribution in [1.82, 2.24) is 5.32 Å². The van der Waals surface area contributed by atoms with Gasteiger partial charge in [-0.1, -0.05) is 0 Å². The van der Waals surface area contributed by atoms with E-state index in [0.29, 0.717) is 12.2 Å². The molecule has 5 nitrogen and oxygen atoms in total. The van der Waals surface area contributed by atoms with E-state index in [1.54, 1.807) is 11.0 Å². The first-order valence-corrected chi connectivity index (χ1v) is 6.56. The van der Waals surface area contributed by atoms with Gasteiger partial charge < -0.3 is 15.0 Å². The maximum absolute atomic E-state index is 12.8. The third-order valence-electron chi connectivity index (χ3n) is 3.40. The molecule has 1 saturated heterocycles. The Bertz CT molecular complexity index is 610. The summed E-state index contributed by atoms with van der Waals surface area (Å²) in [6.45, 7) is 0.931. The van der Waals surface area contributed by atoms with Gasteiger partial charge in [-0.2, -0.15) is 18.4 Å². The van der Waals surface area contributed by atoms with Gasteiger partial charge in [0.1, 0.15) is 0 Å². The van der Waals surface area contributed by atoms with E-state index >= 15 is 0 Å². The number of ether oxygens (including phenoxy) is 1. The summed E-state index contributed by atoms with van der Waals surface area (Å²) < 4.78 is 43.7. The third-order valence-corrected chi connectivity index (χ3v) is 3.40. The summed E-state index contributed by atoms with van der Waals surface area (Å²) in [7, 11) is 1.48. The van der Waals surface area contributed by atoms with Crippen LogP contribution in [0.2, 0.25) is 0 Å². The van der Waals surface area contributed by atoms with Crippen molar-refractivity contribution in [3.05, 3.63) is 29.3 Å². The summed E-state index contributed by atoms with van der Waals surface area (Å²) >= 11 is 0. The molecule has 0 spiro atoms. The van der Waals surface area contributed by atoms with Crippen LogP contribution in [0.5, 0.6) is 0 Å². The highest BCUT2D eigenvalue weighted by Crippen LogP contribution is 2.34. The molecular weight excluding hydrogens is 299 g/mol. The number of morpholine rings is 1. The molecule has 2 rings (SSSR count). The Morgan fingerprint density at radius 1 is 1.50 bits per heavy atom. The quantitative estimate of drug-likeness (QED) is 0.899. The zero-order valence-electron chi connectivity index (χ0n) is 11.8. The molecule has 1 aromatic carbocycles. The Morgan fingerprint density at radius 2 is 2.23 bits per heavy atom. The van der Waals surface area contributed by atoms with Crippen LogP contribution in [0.4, 0.5) is 18.9 Å². The van der Waals surface area contributed by atoms with Crippen LogP contribution in [-0.2, 0) is 15.7 Å². The number of benzene rings is 1. The van der Waals surface area contributed by atoms with Crippen molar-refractivity contribution in [2.75, 3.05) is 31.6 Å². The molecule has 1 fully saturated rings. The predicted octanol–water partition coefficient (Wildman–Crippen LogP) is 1.53. The summed E-state index contributed by atoms with van der Waals surface area (Å²) in [5, 5.41) is 11.4. The van der Waals surface area contributed by atoms with Gasteiger partial charge in [-0.05, 0) is 18.2 Å². The Morgan fingerprint density at radius 3 is 2.82 bits per heavy atom. The third kappa shape index (κ3) is 3.31. The van der Waals surface area contributed by atoms with Crippen LogP contribution in [0.25, 0.3) is 0 Å². The average Bonchev–Trinajstić information content (AvgIpc) is 2.52. The number of anilines is 1. The second-order valence-corrected chi connectivity index (χ2v) is 4.76. The molecule has 1 unspecified atom stereocenters. The van der Waals surface area contributed by atoms with E-state index in [0.717, 1.165) is 6.07 Å². The van der Waals surface area contributed by atoms with Crippen molar-refractivity contribution in [3.63, 3.8) is 0 Å². The number of hydrogen-bond acceptors (Lipinski definition) is 4. The molecular formula is C14H14F3N3O2. The number of nitrogens with zero attached hydrogens (tertiary/aromatic N) is 2. The van der Waals surface area contributed by atoms with Crippen molar-refractivity contribution in [2.24, 2.45) is 0 Å². The summed E-state index contributed by atoms with van der Waals surface area (Å²) in [4.78, 5) is 13.3. The van der Waals surface area contributed by atoms with Crippen molar-refractivity contribution in [3.8, 4) is 6.07 Å². The lowest BCUT2D eigenvalue weighted by Crippen LogP contribution is -2.49. The average molecular weight is 313 g/mol. The van der Waals surface area contributed by atoms with Gasteiger partial charge in [-0.3, -0.25) is 4.79 Å². The Hall–Kier alpha value is -2.27. The van der Waals surface area contributed by atoms with E-state index in [1.165, 1.54) is 19.2 Å². The van der Waals surface area contributed by atoms with E-state index in [1.807, 2.05) is 0 Å². The van der Waals surface area contributed by atoms with E-state index in [-0.39, 0.29) is 19.1 Å². The van der Waals surface area contributed by atoms with E-state index in [4.69, 9.17) is 10.00 Å². The topological polar surface area (TPSA) is 65.4 Å². The SMILES string of the molecule is CNC(=O)C1CN(c2ccc(C(F)(F)F)c(C#N)c2)CCO1. The van der Waals surface area contributed by atoms with Gasteiger partial charge in [-0.15, -0.1) is 0 Å². The first-order valence-electron chi connectivity index (χ1n) is 6.56. The summed E-state index contributed by atoms with van der Waals surface area (Å²) in [6.07, 6.45) is -5.26. The molecule has 8 heteroatoms. The van der Waals surface area contributed by atoms with Crippen LogP contribution >= 0.6 is 0 Å². The molecule has 0 saturated carbocycles. The minimum atomic E-state index is -4.57. The van der Waals surface area contributed by atoms with Crippen LogP contribution in [0.3, 0.4) is 0 Å². The van der Waals surface area contributed by atoms with Gasteiger partial charge in [-0.25, -0.2) is 0 Å². The smallest absolute Gasteiger partial charge is 0.366 e. The lowest BCUT2D eigenvalue weighted by atomic mass is 10.1. The van der Waals surface area contributed by atoms with Crippen LogP contribution in [0.1, 0.15) is 11.1 Å². The zero-order valence-corrected chi connectivity index (χ0v) is 11.8. The molecule has 1 atom stereocenters. The van der Waals surface area contributed by atoms with Gasteiger partial charge >= 0.3 is 6.18 Å². The number of carbonyl (C=O) groups excluding carboxylic acids is 1. The molecule has 0 bridgehead atoms. The largest absolute Gasteiger partial charge is 0.417 e. The van der Waals surface area contributed by atoms with E-state index in [9.17, 15) is 18.0 Å². The summed E-state index contributed by atoms with van der Waals surface area (Å²) in [5.41, 5.74) is -0.940. The van der Waals surface area contributed by atoms with Crippen molar-refractivity contribution >= 4 is 11.6 Å². The fraction of sp³-hybridized carbons (Fsp3) is 0.429. The molecule has 118 valence electrons. The van der Waals surface area contributed by atoms with E-state index < -0.39 is 23.4 Å². The second-order valence-electron chi connectivity index (χ2n) is 4.76. The van der Waals surface area contributed by atoms with Gasteiger partial charge in [0.2, 0.25) is 0 Å². The maximum Gasteiger partial charge on any atom is 0.417 e. The molecule has 1 aliphatic heterocycles. The lowest BCUT2D eigenvalue weighted by molar-refractivity contribution is -0.137. The number of carbonyl (C=O) groups is 1. The van der Waals surface area contributed by atoms with E-state index in [2.05, 4.69) is 5.32 Å². The Labute approximate surface area is 125 Å². The molecule has 1 aliphatic rings. The van der Waals surface area contributed by atoms with Crippen LogP contribution < -0.4 is 10.2 Å². The summed E-state index contributed by atoms with van der Waals surface area (Å²) in [5.74, 6) is -0.294. The lowest BCUT2D eigenvalue weighted by Gasteiger charge is -2.33. The highest BCUT2D eigenvalue weighted by Gasteiger charge is 2.34. The highest BCUT2D eigenvalue weighted by molar-refractivity contribution is 5.81. The number of likely N-dealkylation sites (N-methyl/N-ethyl adjacent to an activating group) is 1. The number of hydrogen-bond donors (Lipinski definition) is 1. The molecule has 0 aromatic heterocycles. The first kappa shape index (κ1) is 16.1. The maximum atomic E-state index is 12.8. The second kappa shape index (κ2) is 6.23. The van der Waals surface area contributed by atoms with Gasteiger partial charge in [0, 0.05) is 19.3 Å². The molecule has 1 amide bonds. The van der Waals surface area contributed by atoms with Crippen molar-refractivity contribution < 1.29 is 22.7 Å². The molecule has 1 N–H and O–H groups in total. The first-order chi connectivity index (χ1) is 10.4. The minimum Gasteiger partial charge on any atom is -0.366 e. The van der Waals surface area contributed by atoms with Gasteiger partial charge in [0.15, 0.2) is 6.10 Å². The monoisotopic (exact) mass is 313 g/mol. The number of amides is 1. The van der Waals surface area contributed by atoms with Crippen LogP contribution in [-0.4, -0.2) is 38.8 Å². The summed E-state index contributed by atoms with van der Waals surface area (Å²) in [6, 6.07) is 4.95. The molecule has 1 aromatic rings. The highest BCUT2D eigenvalue weighted by atomic mass is 19.4. The zero-order chi connectivity index (χ0) is 16.3. The standard InChI is InChI=1S/C14H14F3N3O2/c1-19-13(21)12-8-20(4-5-22-12)10-2-3-11(14(15,16)17)9(6-10)7-18/h2-3,6,12H,4-5,8H2,1H3,(H,19,21). The number of nitriles is 1. The number of nitrogens with one attached hydrogen (secondary N) is 1. The minimum absolute atomic E-state index is 0.218. The van der Waals surface area contributed by atoms with Crippen molar-refractivity contribution in [2.45, 2.75) is 12.3 Å². The predicted molar refractivity (Wildman–Crippen MR) is 72.2 cm³/mol. The number of alkyl halides is 3. The fourth-order valence-electron chi connectivity index (χ4n) is 2.27. The number of halogens is 3. The van der Waals surface area contributed by atoms with Crippen LogP contribution in [0, 0.1) is 11.3 Å². The number of rotatable bonds is 2. The molecule has 0 radical (unpaired) electrons. The van der Waals surface area contributed by atoms with Gasteiger partial charge in [0.25, 0.3) is 5.91 Å².